The zero-order valence-corrected chi connectivity index (χ0v) is 25.5. The van der Waals surface area contributed by atoms with E-state index in [1.54, 1.807) is 29.0 Å². The summed E-state index contributed by atoms with van der Waals surface area (Å²) in [5, 5.41) is 9.44. The molecule has 1 N–H and O–H groups in total. The van der Waals surface area contributed by atoms with Crippen molar-refractivity contribution in [3.05, 3.63) is 25.3 Å². The van der Waals surface area contributed by atoms with Crippen LogP contribution in [0.1, 0.15) is 74.1 Å². The fourth-order valence-corrected chi connectivity index (χ4v) is 7.85. The molecule has 6 atom stereocenters. The summed E-state index contributed by atoms with van der Waals surface area (Å²) < 4.78 is 6.87. The number of nitrogens with zero attached hydrogens (tertiary/aromatic N) is 3. The van der Waals surface area contributed by atoms with E-state index in [4.69, 9.17) is 4.74 Å². The molecule has 0 radical (unpaired) electrons. The van der Waals surface area contributed by atoms with Gasteiger partial charge in [-0.05, 0) is 57.8 Å². The largest absolute Gasteiger partial charge is 0.396 e. The van der Waals surface area contributed by atoms with Crippen LogP contribution in [0.4, 0.5) is 0 Å². The average Bonchev–Trinajstić information content (AvgIpc) is 3.32. The summed E-state index contributed by atoms with van der Waals surface area (Å²) in [7, 11) is 1.72. The van der Waals surface area contributed by atoms with Crippen molar-refractivity contribution in [2.75, 3.05) is 33.3 Å². The van der Waals surface area contributed by atoms with Crippen molar-refractivity contribution in [2.45, 2.75) is 96.9 Å². The zero-order valence-electron chi connectivity index (χ0n) is 25.5. The maximum absolute atomic E-state index is 14.8. The van der Waals surface area contributed by atoms with E-state index in [0.717, 1.165) is 6.42 Å². The molecule has 3 unspecified atom stereocenters. The second-order valence-electron chi connectivity index (χ2n) is 14.0. The Morgan fingerprint density at radius 1 is 1.13 bits per heavy atom. The first kappa shape index (κ1) is 31.3. The SMILES string of the molecule is C=CCN(C)C(=O)[C@H]1[C@H]2C(=O)N(CCCCO)C(C(=O)N(CC=C)C(C)(C)CC(C)(C)C)C23CC(C)[C@]1(C)O3. The third-order valence-corrected chi connectivity index (χ3v) is 9.17. The zero-order chi connectivity index (χ0) is 29.6. The lowest BCUT2D eigenvalue weighted by Gasteiger charge is -2.45. The third kappa shape index (κ3) is 5.31. The Morgan fingerprint density at radius 3 is 2.28 bits per heavy atom. The maximum Gasteiger partial charge on any atom is 0.249 e. The van der Waals surface area contributed by atoms with Crippen molar-refractivity contribution >= 4 is 17.7 Å². The predicted molar refractivity (Wildman–Crippen MR) is 153 cm³/mol. The second-order valence-corrected chi connectivity index (χ2v) is 14.0. The Morgan fingerprint density at radius 2 is 1.74 bits per heavy atom. The lowest BCUT2D eigenvalue weighted by atomic mass is 9.62. The van der Waals surface area contributed by atoms with E-state index < -0.39 is 34.6 Å². The molecule has 0 aromatic rings. The van der Waals surface area contributed by atoms with Crippen LogP contribution in [-0.4, -0.2) is 93.6 Å². The molecule has 3 heterocycles. The van der Waals surface area contributed by atoms with E-state index in [-0.39, 0.29) is 35.7 Å². The fourth-order valence-electron chi connectivity index (χ4n) is 7.85. The van der Waals surface area contributed by atoms with Crippen LogP contribution in [0.3, 0.4) is 0 Å². The molecule has 3 fully saturated rings. The van der Waals surface area contributed by atoms with Gasteiger partial charge in [-0.15, -0.1) is 13.2 Å². The van der Waals surface area contributed by atoms with E-state index in [0.29, 0.717) is 38.9 Å². The van der Waals surface area contributed by atoms with Crippen LogP contribution >= 0.6 is 0 Å². The van der Waals surface area contributed by atoms with Gasteiger partial charge >= 0.3 is 0 Å². The minimum atomic E-state index is -1.09. The van der Waals surface area contributed by atoms with Crippen LogP contribution in [0.15, 0.2) is 25.3 Å². The highest BCUT2D eigenvalue weighted by atomic mass is 16.5. The number of carbonyl (C=O) groups is 3. The highest BCUT2D eigenvalue weighted by Crippen LogP contribution is 2.65. The fraction of sp³-hybridized carbons (Fsp3) is 0.774. The van der Waals surface area contributed by atoms with E-state index in [9.17, 15) is 19.5 Å². The van der Waals surface area contributed by atoms with E-state index in [1.165, 1.54) is 0 Å². The number of aliphatic hydroxyl groups excluding tert-OH is 1. The normalized spacial score (nSPS) is 31.8. The first-order valence-electron chi connectivity index (χ1n) is 14.4. The standard InChI is InChI=1S/C31H51N3O5/c1-11-15-32(10)25(36)22-23-26(37)33(17-13-14-18-35)24(31(23)19-21(3)30(22,9)39-31)27(38)34(16-12-2)29(7,8)20-28(4,5)6/h11-12,21-24,35H,1-2,13-20H2,3-10H3/t21?,22-,23+,24?,30+,31?/m1/s1. The van der Waals surface area contributed by atoms with Crippen LogP contribution in [0.25, 0.3) is 0 Å². The molecule has 3 aliphatic rings. The van der Waals surface area contributed by atoms with E-state index in [2.05, 4.69) is 54.7 Å². The molecular weight excluding hydrogens is 494 g/mol. The molecule has 3 saturated heterocycles. The van der Waals surface area contributed by atoms with Gasteiger partial charge in [0, 0.05) is 38.8 Å². The monoisotopic (exact) mass is 545 g/mol. The Bertz CT molecular complexity index is 987. The van der Waals surface area contributed by atoms with Crippen molar-refractivity contribution in [3.8, 4) is 0 Å². The molecule has 0 aromatic carbocycles. The number of fused-ring (bicyclic) bond motifs is 1. The average molecular weight is 546 g/mol. The number of ether oxygens (including phenoxy) is 1. The van der Waals surface area contributed by atoms with Crippen molar-refractivity contribution < 1.29 is 24.2 Å². The number of amides is 3. The minimum absolute atomic E-state index is 0.00941. The molecular formula is C31H51N3O5. The van der Waals surface area contributed by atoms with Gasteiger partial charge in [0.15, 0.2) is 0 Å². The molecule has 3 rings (SSSR count). The lowest BCUT2D eigenvalue weighted by molar-refractivity contribution is -0.157. The number of hydrogen-bond donors (Lipinski definition) is 1. The number of carbonyl (C=O) groups excluding carboxylic acids is 3. The molecule has 220 valence electrons. The molecule has 0 aromatic heterocycles. The number of likely N-dealkylation sites (N-methyl/N-ethyl adjacent to an activating group) is 1. The molecule has 0 saturated carbocycles. The van der Waals surface area contributed by atoms with Gasteiger partial charge in [-0.25, -0.2) is 0 Å². The number of aliphatic hydroxyl groups is 1. The number of likely N-dealkylation sites (tertiary alicyclic amines) is 1. The van der Waals surface area contributed by atoms with Gasteiger partial charge in [0.05, 0.1) is 17.4 Å². The molecule has 0 aliphatic carbocycles. The summed E-state index contributed by atoms with van der Waals surface area (Å²) in [6.07, 6.45) is 5.77. The van der Waals surface area contributed by atoms with Crippen LogP contribution < -0.4 is 0 Å². The second kappa shape index (κ2) is 11.0. The number of rotatable bonds is 12. The minimum Gasteiger partial charge on any atom is -0.396 e. The smallest absolute Gasteiger partial charge is 0.249 e. The van der Waals surface area contributed by atoms with Gasteiger partial charge in [0.2, 0.25) is 17.7 Å². The lowest BCUT2D eigenvalue weighted by Crippen LogP contribution is -2.61. The van der Waals surface area contributed by atoms with Crippen molar-refractivity contribution in [1.29, 1.82) is 0 Å². The Balaban J connectivity index is 2.14. The quantitative estimate of drug-likeness (QED) is 0.299. The predicted octanol–water partition coefficient (Wildman–Crippen LogP) is 3.64. The first-order valence-corrected chi connectivity index (χ1v) is 14.4. The maximum atomic E-state index is 14.8. The van der Waals surface area contributed by atoms with Crippen LogP contribution in [0.2, 0.25) is 0 Å². The molecule has 3 amide bonds. The van der Waals surface area contributed by atoms with Gasteiger partial charge in [-0.2, -0.15) is 0 Å². The van der Waals surface area contributed by atoms with Gasteiger partial charge in [0.25, 0.3) is 0 Å². The van der Waals surface area contributed by atoms with E-state index >= 15 is 0 Å². The van der Waals surface area contributed by atoms with Crippen molar-refractivity contribution in [3.63, 3.8) is 0 Å². The highest BCUT2D eigenvalue weighted by Gasteiger charge is 2.80. The van der Waals surface area contributed by atoms with Crippen molar-refractivity contribution in [2.24, 2.45) is 23.2 Å². The summed E-state index contributed by atoms with van der Waals surface area (Å²) in [6.45, 7) is 23.3. The summed E-state index contributed by atoms with van der Waals surface area (Å²) >= 11 is 0. The first-order chi connectivity index (χ1) is 18.0. The van der Waals surface area contributed by atoms with Gasteiger partial charge in [-0.3, -0.25) is 14.4 Å². The molecule has 3 aliphatic heterocycles. The van der Waals surface area contributed by atoms with Gasteiger partial charge in [-0.1, -0.05) is 39.8 Å². The highest BCUT2D eigenvalue weighted by molar-refractivity contribution is 5.99. The van der Waals surface area contributed by atoms with Crippen LogP contribution in [0.5, 0.6) is 0 Å². The van der Waals surface area contributed by atoms with Gasteiger partial charge in [0.1, 0.15) is 11.6 Å². The summed E-state index contributed by atoms with van der Waals surface area (Å²) in [5.41, 5.74) is -2.49. The van der Waals surface area contributed by atoms with Gasteiger partial charge < -0.3 is 24.5 Å². The number of unbranched alkanes of at least 4 members (excludes halogenated alkanes) is 1. The van der Waals surface area contributed by atoms with Crippen molar-refractivity contribution in [1.82, 2.24) is 14.7 Å². The Labute approximate surface area is 235 Å². The molecule has 1 spiro atoms. The third-order valence-electron chi connectivity index (χ3n) is 9.17. The molecule has 39 heavy (non-hydrogen) atoms. The summed E-state index contributed by atoms with van der Waals surface area (Å²) in [5.74, 6) is -1.95. The molecule has 8 heteroatoms. The summed E-state index contributed by atoms with van der Waals surface area (Å²) in [4.78, 5) is 48.0. The van der Waals surface area contributed by atoms with E-state index in [1.807, 2.05) is 11.8 Å². The van der Waals surface area contributed by atoms with Crippen LogP contribution in [0, 0.1) is 23.2 Å². The topological polar surface area (TPSA) is 90.4 Å². The molecule has 8 nitrogen and oxygen atoms in total. The number of hydrogen-bond acceptors (Lipinski definition) is 5. The molecule has 2 bridgehead atoms. The van der Waals surface area contributed by atoms with Crippen LogP contribution in [-0.2, 0) is 19.1 Å². The Kier molecular flexibility index (Phi) is 8.84. The summed E-state index contributed by atoms with van der Waals surface area (Å²) in [6, 6.07) is -0.848. The Hall–Kier alpha value is -2.19.